The van der Waals surface area contributed by atoms with E-state index >= 15 is 0 Å². The molecule has 0 saturated heterocycles. The molecule has 2 N–H and O–H groups in total. The number of halogens is 1. The van der Waals surface area contributed by atoms with E-state index in [4.69, 9.17) is 5.73 Å². The van der Waals surface area contributed by atoms with Crippen molar-refractivity contribution in [2.24, 2.45) is 5.73 Å². The number of rotatable bonds is 2. The summed E-state index contributed by atoms with van der Waals surface area (Å²) in [6.45, 7) is 0.523. The van der Waals surface area contributed by atoms with Crippen LogP contribution in [0.2, 0.25) is 0 Å². The largest absolute Gasteiger partial charge is 0.330 e. The van der Waals surface area contributed by atoms with Crippen LogP contribution in [0.15, 0.2) is 18.3 Å². The third-order valence-electron chi connectivity index (χ3n) is 2.57. The Labute approximate surface area is 70.6 Å². The molecule has 1 fully saturated rings. The van der Waals surface area contributed by atoms with Crippen molar-refractivity contribution in [2.45, 2.75) is 18.3 Å². The number of hydrogen-bond acceptors (Lipinski definition) is 2. The Morgan fingerprint density at radius 2 is 2.33 bits per heavy atom. The van der Waals surface area contributed by atoms with Gasteiger partial charge in [-0.1, -0.05) is 6.07 Å². The van der Waals surface area contributed by atoms with E-state index in [1.165, 1.54) is 6.20 Å². The predicted octanol–water partition coefficient (Wildman–Crippen LogP) is 1.21. The summed E-state index contributed by atoms with van der Waals surface area (Å²) in [5, 5.41) is 0. The molecule has 0 unspecified atom stereocenters. The van der Waals surface area contributed by atoms with Crippen LogP contribution in [0.5, 0.6) is 0 Å². The lowest BCUT2D eigenvalue weighted by Gasteiger charge is -2.11. The van der Waals surface area contributed by atoms with Crippen molar-refractivity contribution in [2.75, 3.05) is 6.54 Å². The van der Waals surface area contributed by atoms with E-state index in [-0.39, 0.29) is 11.4 Å². The van der Waals surface area contributed by atoms with Crippen molar-refractivity contribution in [3.8, 4) is 0 Å². The molecule has 1 aromatic heterocycles. The van der Waals surface area contributed by atoms with Gasteiger partial charge >= 0.3 is 0 Å². The minimum atomic E-state index is -0.361. The van der Waals surface area contributed by atoms with Crippen molar-refractivity contribution in [1.82, 2.24) is 4.98 Å². The summed E-state index contributed by atoms with van der Waals surface area (Å²) in [5.41, 5.74) is 6.18. The highest BCUT2D eigenvalue weighted by Gasteiger charge is 2.44. The first-order valence-corrected chi connectivity index (χ1v) is 4.10. The van der Waals surface area contributed by atoms with Gasteiger partial charge < -0.3 is 5.73 Å². The Kier molecular flexibility index (Phi) is 1.61. The monoisotopic (exact) mass is 166 g/mol. The molecule has 1 aliphatic carbocycles. The summed E-state index contributed by atoms with van der Waals surface area (Å²) in [4.78, 5) is 3.61. The van der Waals surface area contributed by atoms with Crippen LogP contribution in [0.4, 0.5) is 4.39 Å². The molecule has 12 heavy (non-hydrogen) atoms. The van der Waals surface area contributed by atoms with E-state index in [2.05, 4.69) is 4.98 Å². The van der Waals surface area contributed by atoms with Gasteiger partial charge in [-0.3, -0.25) is 0 Å². The maximum atomic E-state index is 13.1. The number of pyridine rings is 1. The topological polar surface area (TPSA) is 38.9 Å². The fourth-order valence-electron chi connectivity index (χ4n) is 1.52. The highest BCUT2D eigenvalue weighted by atomic mass is 19.1. The zero-order chi connectivity index (χ0) is 8.60. The van der Waals surface area contributed by atoms with Gasteiger partial charge in [0.25, 0.3) is 0 Å². The van der Waals surface area contributed by atoms with Crippen LogP contribution in [0.3, 0.4) is 0 Å². The van der Waals surface area contributed by atoms with Crippen LogP contribution in [0, 0.1) is 5.95 Å². The summed E-state index contributed by atoms with van der Waals surface area (Å²) in [6.07, 6.45) is 3.45. The molecule has 0 radical (unpaired) electrons. The molecular weight excluding hydrogens is 155 g/mol. The molecule has 0 aliphatic heterocycles. The van der Waals surface area contributed by atoms with Gasteiger partial charge in [0.15, 0.2) is 0 Å². The molecule has 1 saturated carbocycles. The molecule has 1 aromatic rings. The standard InChI is InChI=1S/C9H11FN2/c10-8-7(2-1-5-12-8)9(6-11)3-4-9/h1-2,5H,3-4,6,11H2. The highest BCUT2D eigenvalue weighted by molar-refractivity contribution is 5.30. The maximum absolute atomic E-state index is 13.1. The second-order valence-corrected chi connectivity index (χ2v) is 3.33. The minimum Gasteiger partial charge on any atom is -0.330 e. The van der Waals surface area contributed by atoms with Gasteiger partial charge in [0, 0.05) is 23.7 Å². The first-order valence-electron chi connectivity index (χ1n) is 4.10. The Hall–Kier alpha value is -0.960. The molecule has 0 aromatic carbocycles. The van der Waals surface area contributed by atoms with E-state index in [1.807, 2.05) is 0 Å². The molecule has 0 amide bonds. The van der Waals surface area contributed by atoms with Gasteiger partial charge in [0.2, 0.25) is 5.95 Å². The maximum Gasteiger partial charge on any atom is 0.216 e. The quantitative estimate of drug-likeness (QED) is 0.671. The van der Waals surface area contributed by atoms with Crippen LogP contribution in [0.25, 0.3) is 0 Å². The van der Waals surface area contributed by atoms with Crippen molar-refractivity contribution in [1.29, 1.82) is 0 Å². The lowest BCUT2D eigenvalue weighted by molar-refractivity contribution is 0.537. The Morgan fingerprint density at radius 3 is 2.83 bits per heavy atom. The second-order valence-electron chi connectivity index (χ2n) is 3.33. The summed E-state index contributed by atoms with van der Waals surface area (Å²) in [6, 6.07) is 3.54. The van der Waals surface area contributed by atoms with E-state index < -0.39 is 0 Å². The van der Waals surface area contributed by atoms with Gasteiger partial charge in [-0.25, -0.2) is 4.98 Å². The van der Waals surface area contributed by atoms with Crippen molar-refractivity contribution in [3.05, 3.63) is 29.8 Å². The molecule has 64 valence electrons. The summed E-state index contributed by atoms with van der Waals surface area (Å²) in [7, 11) is 0. The van der Waals surface area contributed by atoms with Crippen LogP contribution in [-0.4, -0.2) is 11.5 Å². The summed E-state index contributed by atoms with van der Waals surface area (Å²) >= 11 is 0. The first-order chi connectivity index (χ1) is 5.78. The van der Waals surface area contributed by atoms with Gasteiger partial charge in [-0.2, -0.15) is 4.39 Å². The second kappa shape index (κ2) is 2.52. The molecule has 1 aliphatic rings. The number of aromatic nitrogens is 1. The Bertz CT molecular complexity index is 294. The summed E-state index contributed by atoms with van der Waals surface area (Å²) in [5.74, 6) is -0.361. The first kappa shape index (κ1) is 7.68. The highest BCUT2D eigenvalue weighted by Crippen LogP contribution is 2.47. The average Bonchev–Trinajstić information content (AvgIpc) is 2.86. The minimum absolute atomic E-state index is 0.0850. The molecule has 0 atom stereocenters. The van der Waals surface area contributed by atoms with Crippen molar-refractivity contribution in [3.63, 3.8) is 0 Å². The van der Waals surface area contributed by atoms with Gasteiger partial charge in [0.1, 0.15) is 0 Å². The average molecular weight is 166 g/mol. The Balaban J connectivity index is 2.40. The van der Waals surface area contributed by atoms with Crippen LogP contribution >= 0.6 is 0 Å². The Morgan fingerprint density at radius 1 is 1.58 bits per heavy atom. The zero-order valence-corrected chi connectivity index (χ0v) is 6.76. The van der Waals surface area contributed by atoms with E-state index in [0.717, 1.165) is 12.8 Å². The molecule has 0 bridgehead atoms. The number of hydrogen-bond donors (Lipinski definition) is 1. The molecule has 2 nitrogen and oxygen atoms in total. The number of nitrogens with two attached hydrogens (primary N) is 1. The van der Waals surface area contributed by atoms with Crippen molar-refractivity contribution >= 4 is 0 Å². The fraction of sp³-hybridized carbons (Fsp3) is 0.444. The number of nitrogens with zero attached hydrogens (tertiary/aromatic N) is 1. The van der Waals surface area contributed by atoms with E-state index in [0.29, 0.717) is 12.1 Å². The third kappa shape index (κ3) is 1.01. The van der Waals surface area contributed by atoms with Gasteiger partial charge in [0.05, 0.1) is 0 Å². The zero-order valence-electron chi connectivity index (χ0n) is 6.76. The normalized spacial score (nSPS) is 19.2. The van der Waals surface area contributed by atoms with Crippen molar-refractivity contribution < 1.29 is 4.39 Å². The smallest absolute Gasteiger partial charge is 0.216 e. The van der Waals surface area contributed by atoms with Crippen LogP contribution in [0.1, 0.15) is 18.4 Å². The van der Waals surface area contributed by atoms with Gasteiger partial charge in [-0.05, 0) is 18.9 Å². The molecule has 3 heteroatoms. The third-order valence-corrected chi connectivity index (χ3v) is 2.57. The lowest BCUT2D eigenvalue weighted by Crippen LogP contribution is -2.21. The van der Waals surface area contributed by atoms with Crippen LogP contribution < -0.4 is 5.73 Å². The SMILES string of the molecule is NCC1(c2cccnc2F)CC1. The van der Waals surface area contributed by atoms with Gasteiger partial charge in [-0.15, -0.1) is 0 Å². The lowest BCUT2D eigenvalue weighted by atomic mass is 9.98. The molecule has 0 spiro atoms. The molecule has 2 rings (SSSR count). The van der Waals surface area contributed by atoms with E-state index in [1.54, 1.807) is 12.1 Å². The molecular formula is C9H11FN2. The summed E-state index contributed by atoms with van der Waals surface area (Å²) < 4.78 is 13.1. The van der Waals surface area contributed by atoms with E-state index in [9.17, 15) is 4.39 Å². The predicted molar refractivity (Wildman–Crippen MR) is 44.2 cm³/mol. The fourth-order valence-corrected chi connectivity index (χ4v) is 1.52. The molecule has 1 heterocycles. The van der Waals surface area contributed by atoms with Crippen LogP contribution in [-0.2, 0) is 5.41 Å².